The number of carbonyl (C=O) groups excluding carboxylic acids is 3. The highest BCUT2D eigenvalue weighted by Gasteiger charge is 2.43. The van der Waals surface area contributed by atoms with Crippen molar-refractivity contribution in [2.24, 2.45) is 35.3 Å². The lowest BCUT2D eigenvalue weighted by Crippen LogP contribution is -2.44. The van der Waals surface area contributed by atoms with E-state index in [1.165, 1.54) is 0 Å². The number of aliphatic hydroxyl groups excluding tert-OH is 1. The van der Waals surface area contributed by atoms with Gasteiger partial charge in [0.1, 0.15) is 12.2 Å². The van der Waals surface area contributed by atoms with Crippen molar-refractivity contribution >= 4 is 17.8 Å². The van der Waals surface area contributed by atoms with Gasteiger partial charge in [0.05, 0.1) is 24.4 Å². The third kappa shape index (κ3) is 5.56. The number of primary amides is 1. The third-order valence-electron chi connectivity index (χ3n) is 7.10. The van der Waals surface area contributed by atoms with Crippen LogP contribution in [-0.2, 0) is 23.9 Å². The van der Waals surface area contributed by atoms with Gasteiger partial charge in [0.25, 0.3) is 0 Å². The molecule has 0 aromatic carbocycles. The predicted octanol–water partition coefficient (Wildman–Crippen LogP) is 2.66. The Hall–Kier alpha value is -2.15. The van der Waals surface area contributed by atoms with Crippen LogP contribution in [0.4, 0.5) is 0 Å². The molecule has 1 aliphatic heterocycles. The average molecular weight is 434 g/mol. The second-order valence-electron chi connectivity index (χ2n) is 9.39. The van der Waals surface area contributed by atoms with E-state index in [9.17, 15) is 19.5 Å². The maximum Gasteiger partial charge on any atom is 0.308 e. The quantitative estimate of drug-likeness (QED) is 0.596. The van der Waals surface area contributed by atoms with E-state index in [0.29, 0.717) is 25.7 Å². The van der Waals surface area contributed by atoms with Gasteiger partial charge in [0.2, 0.25) is 5.91 Å². The van der Waals surface area contributed by atoms with E-state index >= 15 is 0 Å². The molecule has 172 valence electrons. The van der Waals surface area contributed by atoms with E-state index in [2.05, 4.69) is 13.0 Å². The summed E-state index contributed by atoms with van der Waals surface area (Å²) in [6.45, 7) is 5.92. The Bertz CT molecular complexity index is 759. The highest BCUT2D eigenvalue weighted by atomic mass is 16.5. The van der Waals surface area contributed by atoms with Crippen LogP contribution in [0.5, 0.6) is 0 Å². The Morgan fingerprint density at radius 1 is 1.32 bits per heavy atom. The molecule has 0 saturated carbocycles. The molecular formula is C24H35NO6. The van der Waals surface area contributed by atoms with Crippen LogP contribution in [0.3, 0.4) is 0 Å². The number of nitrogens with two attached hydrogens (primary N) is 1. The molecule has 1 saturated heterocycles. The van der Waals surface area contributed by atoms with Crippen LogP contribution in [0.1, 0.15) is 59.3 Å². The van der Waals surface area contributed by atoms with Gasteiger partial charge in [-0.3, -0.25) is 14.4 Å². The number of allylic oxidation sites excluding steroid dienone is 2. The van der Waals surface area contributed by atoms with E-state index in [1.807, 2.05) is 26.0 Å². The van der Waals surface area contributed by atoms with Gasteiger partial charge < -0.3 is 20.3 Å². The van der Waals surface area contributed by atoms with Crippen LogP contribution in [0.15, 0.2) is 23.8 Å². The summed E-state index contributed by atoms with van der Waals surface area (Å²) in [5, 5.41) is 9.90. The Morgan fingerprint density at radius 3 is 2.71 bits per heavy atom. The molecule has 1 fully saturated rings. The SMILES string of the molecule is CCC(C)C(=O)O[C@H]1C[C@H](C(N)=O)C=C2C=C[C@H](C)[C@H](CC[C@@H]3C[C@@H](O)CC(=O)O3)[C@H]21. The van der Waals surface area contributed by atoms with E-state index in [1.54, 1.807) is 0 Å². The Labute approximate surface area is 184 Å². The summed E-state index contributed by atoms with van der Waals surface area (Å²) in [6, 6.07) is 0. The number of hydrogen-bond acceptors (Lipinski definition) is 6. The molecule has 1 heterocycles. The Balaban J connectivity index is 1.80. The van der Waals surface area contributed by atoms with Crippen molar-refractivity contribution in [3.05, 3.63) is 23.8 Å². The highest BCUT2D eigenvalue weighted by Crippen LogP contribution is 2.45. The average Bonchev–Trinajstić information content (AvgIpc) is 2.71. The Kier molecular flexibility index (Phi) is 7.57. The number of esters is 2. The molecule has 8 atom stereocenters. The maximum absolute atomic E-state index is 12.6. The standard InChI is InChI=1S/C24H35NO6/c1-4-13(2)24(29)31-20-10-16(23(25)28)9-15-6-5-14(3)19(22(15)20)8-7-18-11-17(26)12-21(27)30-18/h5-6,9,13-14,16-20,22,26H,4,7-8,10-12H2,1-3H3,(H2,25,28)/t13?,14-,16+,17+,18+,19-,20-,22-/m0/s1. The molecule has 0 aromatic heterocycles. The summed E-state index contributed by atoms with van der Waals surface area (Å²) in [6.07, 6.45) is 7.66. The van der Waals surface area contributed by atoms with Gasteiger partial charge >= 0.3 is 11.9 Å². The first-order valence-corrected chi connectivity index (χ1v) is 11.5. The van der Waals surface area contributed by atoms with E-state index < -0.39 is 24.0 Å². The van der Waals surface area contributed by atoms with Crippen molar-refractivity contribution < 1.29 is 29.0 Å². The monoisotopic (exact) mass is 433 g/mol. The fourth-order valence-corrected chi connectivity index (χ4v) is 5.06. The molecule has 0 aromatic rings. The molecule has 7 nitrogen and oxygen atoms in total. The molecule has 7 heteroatoms. The van der Waals surface area contributed by atoms with Crippen LogP contribution in [0, 0.1) is 29.6 Å². The smallest absolute Gasteiger partial charge is 0.308 e. The van der Waals surface area contributed by atoms with Crippen molar-refractivity contribution in [1.29, 1.82) is 0 Å². The molecule has 3 aliphatic rings. The van der Waals surface area contributed by atoms with Gasteiger partial charge in [-0.15, -0.1) is 0 Å². The molecule has 2 aliphatic carbocycles. The first-order valence-electron chi connectivity index (χ1n) is 11.5. The minimum Gasteiger partial charge on any atom is -0.462 e. The van der Waals surface area contributed by atoms with E-state index in [-0.39, 0.29) is 48.1 Å². The number of fused-ring (bicyclic) bond motifs is 1. The molecule has 0 radical (unpaired) electrons. The number of hydrogen-bond donors (Lipinski definition) is 2. The first-order chi connectivity index (χ1) is 14.7. The summed E-state index contributed by atoms with van der Waals surface area (Å²) >= 11 is 0. The van der Waals surface area contributed by atoms with Crippen molar-refractivity contribution in [1.82, 2.24) is 0 Å². The number of carbonyl (C=O) groups is 3. The third-order valence-corrected chi connectivity index (χ3v) is 7.10. The zero-order valence-corrected chi connectivity index (χ0v) is 18.7. The number of cyclic esters (lactones) is 1. The zero-order valence-electron chi connectivity index (χ0n) is 18.7. The first kappa shape index (κ1) is 23.5. The molecular weight excluding hydrogens is 398 g/mol. The molecule has 1 unspecified atom stereocenters. The second kappa shape index (κ2) is 9.98. The fourth-order valence-electron chi connectivity index (χ4n) is 5.06. The van der Waals surface area contributed by atoms with Crippen molar-refractivity contribution in [3.8, 4) is 0 Å². The Morgan fingerprint density at radius 2 is 2.06 bits per heavy atom. The van der Waals surface area contributed by atoms with Gasteiger partial charge in [0, 0.05) is 18.8 Å². The van der Waals surface area contributed by atoms with Crippen molar-refractivity contribution in [3.63, 3.8) is 0 Å². The van der Waals surface area contributed by atoms with Crippen molar-refractivity contribution in [2.75, 3.05) is 0 Å². The highest BCUT2D eigenvalue weighted by molar-refractivity contribution is 5.79. The van der Waals surface area contributed by atoms with Gasteiger partial charge in [-0.25, -0.2) is 0 Å². The molecule has 3 rings (SSSR count). The van der Waals surface area contributed by atoms with Crippen LogP contribution >= 0.6 is 0 Å². The summed E-state index contributed by atoms with van der Waals surface area (Å²) < 4.78 is 11.4. The largest absolute Gasteiger partial charge is 0.462 e. The van der Waals surface area contributed by atoms with Crippen LogP contribution in [0.25, 0.3) is 0 Å². The summed E-state index contributed by atoms with van der Waals surface area (Å²) in [5.41, 5.74) is 6.58. The lowest BCUT2D eigenvalue weighted by Gasteiger charge is -2.43. The second-order valence-corrected chi connectivity index (χ2v) is 9.39. The number of aliphatic hydroxyl groups is 1. The summed E-state index contributed by atoms with van der Waals surface area (Å²) in [5.74, 6) is -1.33. The van der Waals surface area contributed by atoms with E-state index in [0.717, 1.165) is 12.0 Å². The molecule has 31 heavy (non-hydrogen) atoms. The summed E-state index contributed by atoms with van der Waals surface area (Å²) in [7, 11) is 0. The zero-order chi connectivity index (χ0) is 22.7. The topological polar surface area (TPSA) is 116 Å². The number of ether oxygens (including phenoxy) is 2. The van der Waals surface area contributed by atoms with Gasteiger partial charge in [-0.1, -0.05) is 39.0 Å². The molecule has 0 spiro atoms. The molecule has 0 bridgehead atoms. The predicted molar refractivity (Wildman–Crippen MR) is 114 cm³/mol. The normalized spacial score (nSPS) is 36.1. The van der Waals surface area contributed by atoms with Gasteiger partial charge in [-0.05, 0) is 36.7 Å². The number of amides is 1. The summed E-state index contributed by atoms with van der Waals surface area (Å²) in [4.78, 5) is 36.2. The number of rotatable bonds is 7. The van der Waals surface area contributed by atoms with E-state index in [4.69, 9.17) is 15.2 Å². The van der Waals surface area contributed by atoms with Gasteiger partial charge in [0.15, 0.2) is 0 Å². The molecule has 3 N–H and O–H groups in total. The van der Waals surface area contributed by atoms with Crippen LogP contribution in [-0.4, -0.2) is 41.3 Å². The van der Waals surface area contributed by atoms with Crippen LogP contribution < -0.4 is 5.73 Å². The minimum atomic E-state index is -0.652. The molecule has 1 amide bonds. The van der Waals surface area contributed by atoms with Gasteiger partial charge in [-0.2, -0.15) is 0 Å². The maximum atomic E-state index is 12.6. The lowest BCUT2D eigenvalue weighted by atomic mass is 9.65. The lowest BCUT2D eigenvalue weighted by molar-refractivity contribution is -0.162. The minimum absolute atomic E-state index is 0.0344. The fraction of sp³-hybridized carbons (Fsp3) is 0.708. The van der Waals surface area contributed by atoms with Crippen molar-refractivity contribution in [2.45, 2.75) is 77.6 Å². The van der Waals surface area contributed by atoms with Crippen LogP contribution in [0.2, 0.25) is 0 Å².